The maximum atomic E-state index is 12.2. The highest BCUT2D eigenvalue weighted by Gasteiger charge is 2.34. The summed E-state index contributed by atoms with van der Waals surface area (Å²) in [5.41, 5.74) is 2.12. The van der Waals surface area contributed by atoms with Crippen LogP contribution in [-0.2, 0) is 6.42 Å². The molecular weight excluding hydrogens is 318 g/mol. The SMILES string of the molecule is O=C1c2ccccc2C(=O)N1CCc1ccc(Br)cc1. The van der Waals surface area contributed by atoms with E-state index in [2.05, 4.69) is 15.9 Å². The zero-order chi connectivity index (χ0) is 14.1. The van der Waals surface area contributed by atoms with E-state index in [1.54, 1.807) is 24.3 Å². The van der Waals surface area contributed by atoms with Crippen molar-refractivity contribution in [2.45, 2.75) is 6.42 Å². The molecule has 0 aromatic heterocycles. The molecule has 1 heterocycles. The normalized spacial score (nSPS) is 13.8. The Balaban J connectivity index is 1.75. The zero-order valence-electron chi connectivity index (χ0n) is 10.7. The molecule has 1 aliphatic rings. The van der Waals surface area contributed by atoms with Gasteiger partial charge in [0.15, 0.2) is 0 Å². The first-order valence-corrected chi connectivity index (χ1v) is 7.16. The molecule has 0 fully saturated rings. The van der Waals surface area contributed by atoms with Gasteiger partial charge in [-0.1, -0.05) is 40.2 Å². The van der Waals surface area contributed by atoms with E-state index in [-0.39, 0.29) is 11.8 Å². The van der Waals surface area contributed by atoms with Crippen LogP contribution < -0.4 is 0 Å². The van der Waals surface area contributed by atoms with Gasteiger partial charge in [0.2, 0.25) is 0 Å². The summed E-state index contributed by atoms with van der Waals surface area (Å²) in [6.07, 6.45) is 0.665. The Hall–Kier alpha value is -1.94. The van der Waals surface area contributed by atoms with Crippen LogP contribution in [-0.4, -0.2) is 23.3 Å². The number of benzene rings is 2. The maximum absolute atomic E-state index is 12.2. The number of fused-ring (bicyclic) bond motifs is 1. The first-order chi connectivity index (χ1) is 9.66. The van der Waals surface area contributed by atoms with E-state index >= 15 is 0 Å². The highest BCUT2D eigenvalue weighted by Crippen LogP contribution is 2.22. The Morgan fingerprint density at radius 1 is 0.850 bits per heavy atom. The number of rotatable bonds is 3. The van der Waals surface area contributed by atoms with E-state index in [9.17, 15) is 9.59 Å². The topological polar surface area (TPSA) is 37.4 Å². The lowest BCUT2D eigenvalue weighted by Crippen LogP contribution is -2.31. The molecule has 0 unspecified atom stereocenters. The van der Waals surface area contributed by atoms with Gasteiger partial charge in [0.25, 0.3) is 11.8 Å². The standard InChI is InChI=1S/C16H12BrNO2/c17-12-7-5-11(6-8-12)9-10-18-15(19)13-3-1-2-4-14(13)16(18)20/h1-8H,9-10H2. The molecule has 20 heavy (non-hydrogen) atoms. The third-order valence-electron chi connectivity index (χ3n) is 3.42. The second-order valence-electron chi connectivity index (χ2n) is 4.68. The summed E-state index contributed by atoms with van der Waals surface area (Å²) in [5, 5.41) is 0. The summed E-state index contributed by atoms with van der Waals surface area (Å²) < 4.78 is 1.02. The molecule has 0 bridgehead atoms. The monoisotopic (exact) mass is 329 g/mol. The van der Waals surface area contributed by atoms with E-state index in [0.29, 0.717) is 24.1 Å². The van der Waals surface area contributed by atoms with Crippen LogP contribution in [0.5, 0.6) is 0 Å². The summed E-state index contributed by atoms with van der Waals surface area (Å²) in [6.45, 7) is 0.411. The highest BCUT2D eigenvalue weighted by molar-refractivity contribution is 9.10. The van der Waals surface area contributed by atoms with Crippen LogP contribution in [0.2, 0.25) is 0 Å². The molecule has 2 amide bonds. The first-order valence-electron chi connectivity index (χ1n) is 6.36. The van der Waals surface area contributed by atoms with Crippen molar-refractivity contribution in [3.05, 3.63) is 69.7 Å². The van der Waals surface area contributed by atoms with Gasteiger partial charge in [-0.05, 0) is 36.2 Å². The molecule has 2 aromatic rings. The second kappa shape index (κ2) is 5.21. The van der Waals surface area contributed by atoms with Crippen molar-refractivity contribution in [1.29, 1.82) is 0 Å². The van der Waals surface area contributed by atoms with Crippen molar-refractivity contribution in [3.63, 3.8) is 0 Å². The van der Waals surface area contributed by atoms with Gasteiger partial charge >= 0.3 is 0 Å². The number of amides is 2. The minimum Gasteiger partial charge on any atom is -0.274 e. The first kappa shape index (κ1) is 13.1. The molecule has 0 saturated carbocycles. The van der Waals surface area contributed by atoms with Crippen LogP contribution >= 0.6 is 15.9 Å². The van der Waals surface area contributed by atoms with Gasteiger partial charge in [0.05, 0.1) is 11.1 Å². The van der Waals surface area contributed by atoms with Crippen LogP contribution in [0, 0.1) is 0 Å². The Kier molecular flexibility index (Phi) is 3.40. The maximum Gasteiger partial charge on any atom is 0.261 e. The number of hydrogen-bond acceptors (Lipinski definition) is 2. The smallest absolute Gasteiger partial charge is 0.261 e. The van der Waals surface area contributed by atoms with Gasteiger partial charge in [-0.2, -0.15) is 0 Å². The summed E-state index contributed by atoms with van der Waals surface area (Å²) in [6, 6.07) is 14.9. The number of imide groups is 1. The zero-order valence-corrected chi connectivity index (χ0v) is 12.3. The van der Waals surface area contributed by atoms with Gasteiger partial charge in [0.1, 0.15) is 0 Å². The van der Waals surface area contributed by atoms with Crippen LogP contribution in [0.25, 0.3) is 0 Å². The number of carbonyl (C=O) groups is 2. The van der Waals surface area contributed by atoms with Crippen LogP contribution in [0.3, 0.4) is 0 Å². The fraction of sp³-hybridized carbons (Fsp3) is 0.125. The van der Waals surface area contributed by atoms with Gasteiger partial charge in [-0.3, -0.25) is 14.5 Å². The fourth-order valence-corrected chi connectivity index (χ4v) is 2.60. The number of hydrogen-bond donors (Lipinski definition) is 0. The second-order valence-corrected chi connectivity index (χ2v) is 5.60. The molecule has 0 N–H and O–H groups in total. The average molecular weight is 330 g/mol. The average Bonchev–Trinajstić information content (AvgIpc) is 2.71. The summed E-state index contributed by atoms with van der Waals surface area (Å²) in [5.74, 6) is -0.384. The van der Waals surface area contributed by atoms with Crippen molar-refractivity contribution in [3.8, 4) is 0 Å². The van der Waals surface area contributed by atoms with Crippen LogP contribution in [0.4, 0.5) is 0 Å². The Bertz CT molecular complexity index is 644. The van der Waals surface area contributed by atoms with Crippen molar-refractivity contribution >= 4 is 27.7 Å². The molecule has 3 nitrogen and oxygen atoms in total. The molecule has 0 aliphatic carbocycles. The molecule has 4 heteroatoms. The van der Waals surface area contributed by atoms with E-state index in [4.69, 9.17) is 0 Å². The molecule has 100 valence electrons. The third-order valence-corrected chi connectivity index (χ3v) is 3.94. The Labute approximate surface area is 125 Å². The molecule has 0 saturated heterocycles. The van der Waals surface area contributed by atoms with Crippen molar-refractivity contribution in [2.75, 3.05) is 6.54 Å². The highest BCUT2D eigenvalue weighted by atomic mass is 79.9. The summed E-state index contributed by atoms with van der Waals surface area (Å²) in [4.78, 5) is 25.7. The molecule has 3 rings (SSSR count). The molecule has 0 radical (unpaired) electrons. The predicted molar refractivity (Wildman–Crippen MR) is 79.7 cm³/mol. The Morgan fingerprint density at radius 3 is 1.95 bits per heavy atom. The lowest BCUT2D eigenvalue weighted by atomic mass is 10.1. The molecule has 0 atom stereocenters. The van der Waals surface area contributed by atoms with E-state index in [1.807, 2.05) is 24.3 Å². The predicted octanol–water partition coefficient (Wildman–Crippen LogP) is 3.29. The van der Waals surface area contributed by atoms with Crippen LogP contribution in [0.1, 0.15) is 26.3 Å². The molecule has 2 aromatic carbocycles. The molecule has 1 aliphatic heterocycles. The number of carbonyl (C=O) groups excluding carboxylic acids is 2. The van der Waals surface area contributed by atoms with Gasteiger partial charge in [0, 0.05) is 11.0 Å². The summed E-state index contributed by atoms with van der Waals surface area (Å²) >= 11 is 3.38. The summed E-state index contributed by atoms with van der Waals surface area (Å²) in [7, 11) is 0. The minimum atomic E-state index is -0.192. The minimum absolute atomic E-state index is 0.192. The van der Waals surface area contributed by atoms with Crippen molar-refractivity contribution in [1.82, 2.24) is 4.90 Å². The largest absolute Gasteiger partial charge is 0.274 e. The van der Waals surface area contributed by atoms with Gasteiger partial charge < -0.3 is 0 Å². The van der Waals surface area contributed by atoms with Crippen molar-refractivity contribution < 1.29 is 9.59 Å². The Morgan fingerprint density at radius 2 is 1.40 bits per heavy atom. The van der Waals surface area contributed by atoms with Crippen molar-refractivity contribution in [2.24, 2.45) is 0 Å². The lowest BCUT2D eigenvalue weighted by molar-refractivity contribution is 0.0656. The number of halogens is 1. The van der Waals surface area contributed by atoms with Gasteiger partial charge in [-0.15, -0.1) is 0 Å². The van der Waals surface area contributed by atoms with E-state index in [0.717, 1.165) is 10.0 Å². The number of nitrogens with zero attached hydrogens (tertiary/aromatic N) is 1. The molecule has 0 spiro atoms. The van der Waals surface area contributed by atoms with Gasteiger partial charge in [-0.25, -0.2) is 0 Å². The third kappa shape index (κ3) is 2.27. The lowest BCUT2D eigenvalue weighted by Gasteiger charge is -2.13. The van der Waals surface area contributed by atoms with Crippen LogP contribution in [0.15, 0.2) is 53.0 Å². The quantitative estimate of drug-likeness (QED) is 0.810. The van der Waals surface area contributed by atoms with E-state index in [1.165, 1.54) is 4.90 Å². The van der Waals surface area contributed by atoms with E-state index < -0.39 is 0 Å². The molecular formula is C16H12BrNO2. The fourth-order valence-electron chi connectivity index (χ4n) is 2.33.